The second-order valence-corrected chi connectivity index (χ2v) is 39.2. The summed E-state index contributed by atoms with van der Waals surface area (Å²) < 4.78 is 8.83. The van der Waals surface area contributed by atoms with Gasteiger partial charge in [-0.25, -0.2) is 0 Å². The molecule has 2 aliphatic carbocycles. The molecule has 0 atom stereocenters. The van der Waals surface area contributed by atoms with Crippen LogP contribution >= 0.6 is 24.8 Å². The largest absolute Gasteiger partial charge is 0.147 e. The van der Waals surface area contributed by atoms with Gasteiger partial charge in [-0.05, 0) is 0 Å². The van der Waals surface area contributed by atoms with Crippen LogP contribution in [0.25, 0.3) is 0 Å². The third-order valence-electron chi connectivity index (χ3n) is 5.53. The molecule has 2 aliphatic rings. The zero-order chi connectivity index (χ0) is 17.0. The number of hydrogen-bond acceptors (Lipinski definition) is 0. The summed E-state index contributed by atoms with van der Waals surface area (Å²) in [7, 11) is 0. The van der Waals surface area contributed by atoms with Crippen molar-refractivity contribution in [2.45, 2.75) is 63.6 Å². The summed E-state index contributed by atoms with van der Waals surface area (Å²) in [6.07, 6.45) is 12.5. The first kappa shape index (κ1) is 24.6. The van der Waals surface area contributed by atoms with E-state index in [0.29, 0.717) is 0 Å². The molecule has 0 saturated carbocycles. The molecule has 138 valence electrons. The van der Waals surface area contributed by atoms with Gasteiger partial charge in [-0.2, -0.15) is 0 Å². The predicted molar refractivity (Wildman–Crippen MR) is 115 cm³/mol. The Bertz CT molecular complexity index is 632. The van der Waals surface area contributed by atoms with Crippen molar-refractivity contribution in [3.05, 3.63) is 42.0 Å². The van der Waals surface area contributed by atoms with E-state index in [2.05, 4.69) is 82.0 Å². The van der Waals surface area contributed by atoms with Crippen LogP contribution in [0.4, 0.5) is 0 Å². The van der Waals surface area contributed by atoms with Crippen LogP contribution in [0.15, 0.2) is 42.0 Å². The number of allylic oxidation sites excluding steroid dienone is 8. The Kier molecular flexibility index (Phi) is 7.53. The smallest absolute Gasteiger partial charge is 0.147 e. The average Bonchev–Trinajstić information content (AvgIpc) is 2.97. The van der Waals surface area contributed by atoms with E-state index in [9.17, 15) is 0 Å². The van der Waals surface area contributed by atoms with Crippen molar-refractivity contribution in [3.63, 3.8) is 0 Å². The van der Waals surface area contributed by atoms with E-state index in [4.69, 9.17) is 0 Å². The van der Waals surface area contributed by atoms with Gasteiger partial charge in [-0.1, -0.05) is 0 Å². The minimum Gasteiger partial charge on any atom is -0.147 e. The molecule has 0 fully saturated rings. The van der Waals surface area contributed by atoms with Gasteiger partial charge in [0.2, 0.25) is 0 Å². The van der Waals surface area contributed by atoms with Crippen LogP contribution in [-0.4, -0.2) is 6.88 Å². The third kappa shape index (κ3) is 4.87. The molecule has 0 aliphatic heterocycles. The molecule has 0 radical (unpaired) electrons. The summed E-state index contributed by atoms with van der Waals surface area (Å²) in [6, 6.07) is 0. The maximum absolute atomic E-state index is 2.93. The minimum absolute atomic E-state index is 0. The summed E-state index contributed by atoms with van der Waals surface area (Å²) in [5, 5.41) is 0. The van der Waals surface area contributed by atoms with E-state index < -0.39 is 17.4 Å². The fourth-order valence-corrected chi connectivity index (χ4v) is 14.1. The van der Waals surface area contributed by atoms with Gasteiger partial charge in [0.1, 0.15) is 0 Å². The molecule has 0 nitrogen and oxygen atoms in total. The Morgan fingerprint density at radius 3 is 1.25 bits per heavy atom. The van der Waals surface area contributed by atoms with Crippen molar-refractivity contribution < 1.29 is 17.4 Å². The monoisotopic (exact) mass is 464 g/mol. The Hall–Kier alpha value is 0.640. The average molecular weight is 467 g/mol. The molecular formula is C20H36Cl2SiZr. The normalized spacial score (nSPS) is 18.9. The molecule has 0 aromatic heterocycles. The van der Waals surface area contributed by atoms with Crippen LogP contribution in [0.2, 0.25) is 9.26 Å². The van der Waals surface area contributed by atoms with Crippen molar-refractivity contribution in [1.82, 2.24) is 0 Å². The van der Waals surface area contributed by atoms with E-state index in [0.717, 1.165) is 0 Å². The summed E-state index contributed by atoms with van der Waals surface area (Å²) >= 11 is -2.93. The maximum Gasteiger partial charge on any atom is -0.147 e. The second-order valence-electron chi connectivity index (χ2n) is 10.3. The van der Waals surface area contributed by atoms with Gasteiger partial charge in [0, 0.05) is 0 Å². The Morgan fingerprint density at radius 2 is 1.04 bits per heavy atom. The molecule has 0 aromatic carbocycles. The number of halogens is 2. The van der Waals surface area contributed by atoms with Crippen LogP contribution in [-0.2, 0) is 17.4 Å². The molecular weight excluding hydrogens is 430 g/mol. The van der Waals surface area contributed by atoms with Gasteiger partial charge in [-0.15, -0.1) is 24.8 Å². The van der Waals surface area contributed by atoms with Gasteiger partial charge < -0.3 is 0 Å². The fraction of sp³-hybridized carbons (Fsp3) is 0.600. The van der Waals surface area contributed by atoms with Gasteiger partial charge in [-0.3, -0.25) is 0 Å². The first-order valence-corrected chi connectivity index (χ1v) is 21.9. The van der Waals surface area contributed by atoms with Crippen molar-refractivity contribution in [1.29, 1.82) is 0 Å². The van der Waals surface area contributed by atoms with E-state index in [-0.39, 0.29) is 35.6 Å². The van der Waals surface area contributed by atoms with Crippen LogP contribution in [0.5, 0.6) is 0 Å². The van der Waals surface area contributed by atoms with Crippen LogP contribution in [0.3, 0.4) is 0 Å². The molecule has 0 spiro atoms. The van der Waals surface area contributed by atoms with Crippen molar-refractivity contribution in [3.8, 4) is 0 Å². The van der Waals surface area contributed by atoms with Gasteiger partial charge in [0.05, 0.1) is 0 Å². The van der Waals surface area contributed by atoms with Gasteiger partial charge in [0.15, 0.2) is 0 Å². The quantitative estimate of drug-likeness (QED) is 0.398. The summed E-state index contributed by atoms with van der Waals surface area (Å²) in [5.74, 6) is 0. The predicted octanol–water partition coefficient (Wildman–Crippen LogP) is 6.68. The minimum atomic E-state index is -2.93. The molecule has 0 heterocycles. The van der Waals surface area contributed by atoms with E-state index in [1.807, 2.05) is 0 Å². The SMILES string of the molecule is CC(C)(C)C1=CC[C]([Zr]([CH3])([CH3])(=[SiH2])[C]2=CC(C(C)(C)C)=CC2)=C1.Cl.Cl. The summed E-state index contributed by atoms with van der Waals surface area (Å²) in [6.45, 7) is 16.4. The Balaban J connectivity index is 0.00000264. The van der Waals surface area contributed by atoms with Crippen LogP contribution in [0, 0.1) is 10.8 Å². The standard InChI is InChI=1S/2C9H13.2CH3.2ClH.H2Si.Zr/c2*1-9(2,3)8-6-4-5-7-8;;;;;;/h2*6-7H,4H2,1-3H3;2*1H3;2*1H;1H2;. The summed E-state index contributed by atoms with van der Waals surface area (Å²) in [4.78, 5) is 0. The molecule has 2 rings (SSSR count). The first-order chi connectivity index (χ1) is 9.70. The van der Waals surface area contributed by atoms with Crippen LogP contribution in [0.1, 0.15) is 54.4 Å². The van der Waals surface area contributed by atoms with Crippen molar-refractivity contribution in [2.75, 3.05) is 0 Å². The van der Waals surface area contributed by atoms with E-state index in [1.165, 1.54) is 12.8 Å². The number of hydrogen-bond donors (Lipinski definition) is 0. The van der Waals surface area contributed by atoms with Gasteiger partial charge >= 0.3 is 141 Å². The maximum atomic E-state index is 2.64. The molecule has 0 N–H and O–H groups in total. The fourth-order valence-electron chi connectivity index (χ4n) is 3.42. The summed E-state index contributed by atoms with van der Waals surface area (Å²) in [5.41, 5.74) is 3.64. The van der Waals surface area contributed by atoms with Gasteiger partial charge in [0.25, 0.3) is 0 Å². The first-order valence-electron chi connectivity index (χ1n) is 8.61. The topological polar surface area (TPSA) is 0 Å². The Morgan fingerprint density at radius 1 is 0.750 bits per heavy atom. The second kappa shape index (κ2) is 7.34. The molecule has 0 bridgehead atoms. The molecule has 0 saturated heterocycles. The number of rotatable bonds is 2. The zero-order valence-corrected chi connectivity index (χ0v) is 22.3. The zero-order valence-electron chi connectivity index (χ0n) is 16.7. The Labute approximate surface area is 164 Å². The molecule has 0 unspecified atom stereocenters. The van der Waals surface area contributed by atoms with Crippen LogP contribution < -0.4 is 0 Å². The molecule has 0 aromatic rings. The molecule has 4 heteroatoms. The molecule has 24 heavy (non-hydrogen) atoms. The third-order valence-corrected chi connectivity index (χ3v) is 22.7. The molecule has 0 amide bonds. The van der Waals surface area contributed by atoms with E-state index in [1.54, 1.807) is 17.7 Å². The van der Waals surface area contributed by atoms with E-state index >= 15 is 0 Å². The van der Waals surface area contributed by atoms with Crippen molar-refractivity contribution >= 4 is 31.7 Å². The van der Waals surface area contributed by atoms with Crippen molar-refractivity contribution in [2.24, 2.45) is 10.8 Å².